The van der Waals surface area contributed by atoms with Crippen LogP contribution in [-0.4, -0.2) is 10.1 Å². The van der Waals surface area contributed by atoms with Gasteiger partial charge in [-0.25, -0.2) is 4.39 Å². The number of aromatic nitrogens is 1. The SMILES string of the molecule is Cc1cc(C(O)N[C@@H](c2ccc(Cl)c(F)c2)c2ncccc2Cl)ccc1C#N. The van der Waals surface area contributed by atoms with Gasteiger partial charge in [0.25, 0.3) is 0 Å². The number of aliphatic hydroxyl groups is 1. The summed E-state index contributed by atoms with van der Waals surface area (Å²) in [7, 11) is 0. The molecule has 7 heteroatoms. The van der Waals surface area contributed by atoms with Gasteiger partial charge in [0.1, 0.15) is 12.0 Å². The van der Waals surface area contributed by atoms with Crippen LogP contribution in [-0.2, 0) is 0 Å². The lowest BCUT2D eigenvalue weighted by atomic mass is 10.0. The summed E-state index contributed by atoms with van der Waals surface area (Å²) in [6.07, 6.45) is 0.466. The van der Waals surface area contributed by atoms with Crippen molar-refractivity contribution in [3.8, 4) is 6.07 Å². The lowest BCUT2D eigenvalue weighted by Crippen LogP contribution is -2.28. The number of aliphatic hydroxyl groups excluding tert-OH is 1. The Hall–Kier alpha value is -2.49. The van der Waals surface area contributed by atoms with E-state index in [0.29, 0.717) is 27.4 Å². The number of pyridine rings is 1. The molecule has 0 fully saturated rings. The number of nitrogens with zero attached hydrogens (tertiary/aromatic N) is 2. The molecule has 2 atom stereocenters. The van der Waals surface area contributed by atoms with Gasteiger partial charge in [-0.3, -0.25) is 10.3 Å². The molecule has 28 heavy (non-hydrogen) atoms. The van der Waals surface area contributed by atoms with E-state index in [2.05, 4.69) is 16.4 Å². The van der Waals surface area contributed by atoms with Crippen molar-refractivity contribution >= 4 is 23.2 Å². The van der Waals surface area contributed by atoms with Crippen LogP contribution in [0.4, 0.5) is 4.39 Å². The average Bonchev–Trinajstić information content (AvgIpc) is 2.68. The molecule has 1 unspecified atom stereocenters. The van der Waals surface area contributed by atoms with Gasteiger partial charge >= 0.3 is 0 Å². The van der Waals surface area contributed by atoms with Crippen molar-refractivity contribution < 1.29 is 9.50 Å². The van der Waals surface area contributed by atoms with Crippen molar-refractivity contribution in [2.24, 2.45) is 0 Å². The Morgan fingerprint density at radius 2 is 1.86 bits per heavy atom. The van der Waals surface area contributed by atoms with Crippen LogP contribution in [0.1, 0.15) is 40.2 Å². The molecule has 3 aromatic rings. The van der Waals surface area contributed by atoms with Crippen molar-refractivity contribution in [1.29, 1.82) is 5.26 Å². The summed E-state index contributed by atoms with van der Waals surface area (Å²) in [5.74, 6) is -0.582. The second-order valence-corrected chi connectivity index (χ2v) is 7.05. The van der Waals surface area contributed by atoms with Crippen molar-refractivity contribution in [3.63, 3.8) is 0 Å². The van der Waals surface area contributed by atoms with Gasteiger partial charge in [-0.05, 0) is 53.9 Å². The molecule has 1 aromatic heterocycles. The fourth-order valence-electron chi connectivity index (χ4n) is 2.87. The van der Waals surface area contributed by atoms with Gasteiger partial charge in [0, 0.05) is 6.20 Å². The fraction of sp³-hybridized carbons (Fsp3) is 0.143. The van der Waals surface area contributed by atoms with Crippen LogP contribution in [0.2, 0.25) is 10.0 Å². The van der Waals surface area contributed by atoms with E-state index >= 15 is 0 Å². The standard InChI is InChI=1S/C21H16Cl2FN3O/c1-12-9-14(4-5-15(12)11-25)21(28)27-19(20-17(23)3-2-8-26-20)13-6-7-16(22)18(24)10-13/h2-10,19,21,27-28H,1H3/t19-,21?/m0/s1. The summed E-state index contributed by atoms with van der Waals surface area (Å²) in [5.41, 5.74) is 2.77. The number of aryl methyl sites for hydroxylation is 1. The summed E-state index contributed by atoms with van der Waals surface area (Å²) < 4.78 is 14.0. The summed E-state index contributed by atoms with van der Waals surface area (Å²) in [4.78, 5) is 4.29. The number of halogens is 3. The number of hydrogen-bond donors (Lipinski definition) is 2. The molecule has 142 valence electrons. The Labute approximate surface area is 172 Å². The van der Waals surface area contributed by atoms with Crippen LogP contribution >= 0.6 is 23.2 Å². The molecule has 1 heterocycles. The van der Waals surface area contributed by atoms with Crippen LogP contribution < -0.4 is 5.32 Å². The third-order valence-electron chi connectivity index (χ3n) is 4.35. The van der Waals surface area contributed by atoms with Crippen LogP contribution in [0.15, 0.2) is 54.7 Å². The summed E-state index contributed by atoms with van der Waals surface area (Å²) in [5, 5.41) is 23.2. The van der Waals surface area contributed by atoms with Crippen molar-refractivity contribution in [3.05, 3.63) is 98.5 Å². The van der Waals surface area contributed by atoms with Gasteiger partial charge in [-0.1, -0.05) is 41.4 Å². The molecule has 2 N–H and O–H groups in total. The molecule has 3 rings (SSSR count). The maximum absolute atomic E-state index is 14.0. The highest BCUT2D eigenvalue weighted by atomic mass is 35.5. The molecule has 0 saturated heterocycles. The Bertz CT molecular complexity index is 1050. The minimum atomic E-state index is -1.10. The van der Waals surface area contributed by atoms with E-state index in [1.54, 1.807) is 49.5 Å². The quantitative estimate of drug-likeness (QED) is 0.570. The van der Waals surface area contributed by atoms with E-state index in [1.165, 1.54) is 12.1 Å². The lowest BCUT2D eigenvalue weighted by Gasteiger charge is -2.24. The summed E-state index contributed by atoms with van der Waals surface area (Å²) in [6.45, 7) is 1.79. The molecule has 0 bridgehead atoms. The van der Waals surface area contributed by atoms with Gasteiger partial charge in [0.2, 0.25) is 0 Å². The topological polar surface area (TPSA) is 68.9 Å². The number of hydrogen-bond acceptors (Lipinski definition) is 4. The molecule has 2 aromatic carbocycles. The highest BCUT2D eigenvalue weighted by Crippen LogP contribution is 2.30. The van der Waals surface area contributed by atoms with Crippen LogP contribution in [0, 0.1) is 24.1 Å². The zero-order valence-corrected chi connectivity index (χ0v) is 16.3. The molecule has 0 aliphatic heterocycles. The number of nitrogens with one attached hydrogen (secondary N) is 1. The Kier molecular flexibility index (Phi) is 6.28. The Balaban J connectivity index is 2.00. The zero-order chi connectivity index (χ0) is 20.3. The van der Waals surface area contributed by atoms with Gasteiger partial charge in [0.15, 0.2) is 0 Å². The predicted molar refractivity (Wildman–Crippen MR) is 106 cm³/mol. The number of benzene rings is 2. The van der Waals surface area contributed by atoms with Crippen molar-refractivity contribution in [1.82, 2.24) is 10.3 Å². The van der Waals surface area contributed by atoms with E-state index in [4.69, 9.17) is 28.5 Å². The number of nitriles is 1. The first-order valence-corrected chi connectivity index (χ1v) is 9.16. The van der Waals surface area contributed by atoms with Crippen molar-refractivity contribution in [2.75, 3.05) is 0 Å². The molecule has 0 saturated carbocycles. The second kappa shape index (κ2) is 8.68. The van der Waals surface area contributed by atoms with Crippen LogP contribution in [0.3, 0.4) is 0 Å². The van der Waals surface area contributed by atoms with Crippen molar-refractivity contribution in [2.45, 2.75) is 19.2 Å². The Morgan fingerprint density at radius 3 is 2.50 bits per heavy atom. The highest BCUT2D eigenvalue weighted by Gasteiger charge is 2.23. The van der Waals surface area contributed by atoms with E-state index in [1.807, 2.05) is 0 Å². The second-order valence-electron chi connectivity index (χ2n) is 6.23. The number of rotatable bonds is 5. The van der Waals surface area contributed by atoms with Gasteiger partial charge in [-0.2, -0.15) is 5.26 Å². The minimum Gasteiger partial charge on any atom is -0.374 e. The zero-order valence-electron chi connectivity index (χ0n) is 14.8. The molecule has 4 nitrogen and oxygen atoms in total. The summed E-state index contributed by atoms with van der Waals surface area (Å²) >= 11 is 12.1. The van der Waals surface area contributed by atoms with Crippen LogP contribution in [0.25, 0.3) is 0 Å². The fourth-order valence-corrected chi connectivity index (χ4v) is 3.22. The van der Waals surface area contributed by atoms with Crippen LogP contribution in [0.5, 0.6) is 0 Å². The lowest BCUT2D eigenvalue weighted by molar-refractivity contribution is 0.128. The first kappa shape index (κ1) is 20.2. The molecule has 0 aliphatic rings. The van der Waals surface area contributed by atoms with E-state index < -0.39 is 18.1 Å². The normalized spacial score (nSPS) is 13.0. The maximum Gasteiger partial charge on any atom is 0.142 e. The van der Waals surface area contributed by atoms with Gasteiger partial charge in [0.05, 0.1) is 33.4 Å². The predicted octanol–water partition coefficient (Wildman–Crippen LogP) is 5.08. The average molecular weight is 416 g/mol. The first-order chi connectivity index (χ1) is 13.4. The van der Waals surface area contributed by atoms with E-state index in [-0.39, 0.29) is 5.02 Å². The third kappa shape index (κ3) is 4.32. The molecular formula is C21H16Cl2FN3O. The minimum absolute atomic E-state index is 0.00196. The molecule has 0 aliphatic carbocycles. The Morgan fingerprint density at radius 1 is 1.11 bits per heavy atom. The maximum atomic E-state index is 14.0. The summed E-state index contributed by atoms with van der Waals surface area (Å²) in [6, 6.07) is 14.1. The van der Waals surface area contributed by atoms with E-state index in [9.17, 15) is 9.50 Å². The monoisotopic (exact) mass is 415 g/mol. The molecule has 0 radical (unpaired) electrons. The van der Waals surface area contributed by atoms with Gasteiger partial charge in [-0.15, -0.1) is 0 Å². The molecule has 0 spiro atoms. The van der Waals surface area contributed by atoms with E-state index in [0.717, 1.165) is 5.56 Å². The first-order valence-electron chi connectivity index (χ1n) is 8.41. The van der Waals surface area contributed by atoms with Gasteiger partial charge < -0.3 is 5.11 Å². The largest absolute Gasteiger partial charge is 0.374 e. The highest BCUT2D eigenvalue weighted by molar-refractivity contribution is 6.31. The molecule has 0 amide bonds. The third-order valence-corrected chi connectivity index (χ3v) is 4.97. The molecular weight excluding hydrogens is 400 g/mol. The smallest absolute Gasteiger partial charge is 0.142 e.